The van der Waals surface area contributed by atoms with Crippen molar-refractivity contribution < 1.29 is 17.7 Å². The molecule has 8 nitrogen and oxygen atoms in total. The quantitative estimate of drug-likeness (QED) is 0.112. The first-order valence-electron chi connectivity index (χ1n) is 35.7. The number of para-hydroxylation sites is 6. The molecule has 0 saturated heterocycles. The lowest BCUT2D eigenvalue weighted by Crippen LogP contribution is -2.16. The fraction of sp³-hybridized carbons (Fsp3) is 0.0625. The summed E-state index contributed by atoms with van der Waals surface area (Å²) >= 11 is 0. The molecular weight excluding hydrogens is 1270 g/mol. The van der Waals surface area contributed by atoms with Crippen LogP contribution >= 0.6 is 0 Å². The van der Waals surface area contributed by atoms with E-state index in [1.807, 2.05) is 24.3 Å². The van der Waals surface area contributed by atoms with Crippen molar-refractivity contribution in [2.75, 3.05) is 19.6 Å². The third kappa shape index (κ3) is 8.91. The maximum atomic E-state index is 8.04. The molecule has 0 radical (unpaired) electrons. The molecule has 19 aromatic rings. The van der Waals surface area contributed by atoms with Gasteiger partial charge in [0.2, 0.25) is 0 Å². The molecule has 8 heteroatoms. The standard InChI is InChI=1S/C96H66N4O4/c1-95(2)79-37-21-17-33-69(79)71-47-41-65(55-81(71)95)97(59-25-9-5-10-26-59)67-43-49-75-87(57-67)103-93-89(75)91(99(61-29-13-7-14-30-61)63-45-51-85-77(53-63)73-35-19-23-39-83(73)101-85)94-90(92(93)100(62-31-15-8-16-32-62)64-46-52-86-78(54-64)74-36-20-24-40-84(74)102-86)76-50-44-68(58-88(76)104-94)98(60-27-11-6-12-28-60)66-42-48-72-70-34-18-22-38-80(70)96(3,4)82(72)56-66/h5-58H,1-4H3. The zero-order chi connectivity index (χ0) is 69.1. The minimum atomic E-state index is -0.226. The number of fused-ring (bicyclic) bond motifs is 18. The second-order valence-electron chi connectivity index (χ2n) is 28.7. The summed E-state index contributed by atoms with van der Waals surface area (Å²) in [4.78, 5) is 9.49. The summed E-state index contributed by atoms with van der Waals surface area (Å²) in [6.45, 7) is 9.39. The van der Waals surface area contributed by atoms with Gasteiger partial charge in [0, 0.05) is 112 Å². The van der Waals surface area contributed by atoms with Gasteiger partial charge in [-0.15, -0.1) is 0 Å². The number of benzene rings is 15. The molecule has 0 spiro atoms. The zero-order valence-corrected chi connectivity index (χ0v) is 57.6. The average molecular weight is 1340 g/mol. The second kappa shape index (κ2) is 22.6. The van der Waals surface area contributed by atoms with Crippen molar-refractivity contribution in [3.63, 3.8) is 0 Å². The Kier molecular flexibility index (Phi) is 12.9. The van der Waals surface area contributed by atoms with Crippen molar-refractivity contribution >= 4 is 156 Å². The fourth-order valence-corrected chi connectivity index (χ4v) is 17.3. The Morgan fingerprint density at radius 1 is 0.202 bits per heavy atom. The van der Waals surface area contributed by atoms with Gasteiger partial charge in [-0.25, -0.2) is 0 Å². The van der Waals surface area contributed by atoms with Crippen LogP contribution in [0.5, 0.6) is 0 Å². The third-order valence-corrected chi connectivity index (χ3v) is 22.2. The van der Waals surface area contributed by atoms with E-state index in [1.165, 1.54) is 44.5 Å². The number of hydrogen-bond acceptors (Lipinski definition) is 8. The normalized spacial score (nSPS) is 13.3. The van der Waals surface area contributed by atoms with E-state index >= 15 is 0 Å². The van der Waals surface area contributed by atoms with Crippen molar-refractivity contribution in [3.8, 4) is 22.3 Å². The molecule has 4 aromatic heterocycles. The highest BCUT2D eigenvalue weighted by Crippen LogP contribution is 2.59. The molecule has 0 bridgehead atoms. The van der Waals surface area contributed by atoms with E-state index < -0.39 is 0 Å². The lowest BCUT2D eigenvalue weighted by atomic mass is 9.82. The molecule has 494 valence electrons. The molecule has 15 aromatic carbocycles. The summed E-state index contributed by atoms with van der Waals surface area (Å²) in [5.41, 5.74) is 27.1. The first-order chi connectivity index (χ1) is 51.1. The maximum absolute atomic E-state index is 8.04. The van der Waals surface area contributed by atoms with Gasteiger partial charge < -0.3 is 37.3 Å². The van der Waals surface area contributed by atoms with Crippen LogP contribution < -0.4 is 19.6 Å². The maximum Gasteiger partial charge on any atom is 0.162 e. The van der Waals surface area contributed by atoms with E-state index in [0.29, 0.717) is 22.3 Å². The first kappa shape index (κ1) is 59.6. The van der Waals surface area contributed by atoms with Crippen LogP contribution in [0.15, 0.2) is 345 Å². The molecule has 0 fully saturated rings. The second-order valence-corrected chi connectivity index (χ2v) is 28.7. The Bertz CT molecular complexity index is 6300. The molecule has 0 aliphatic heterocycles. The summed E-state index contributed by atoms with van der Waals surface area (Å²) in [7, 11) is 0. The van der Waals surface area contributed by atoms with Crippen LogP contribution in [0.3, 0.4) is 0 Å². The third-order valence-electron chi connectivity index (χ3n) is 22.2. The van der Waals surface area contributed by atoms with Crippen LogP contribution in [-0.4, -0.2) is 0 Å². The van der Waals surface area contributed by atoms with Crippen LogP contribution in [0, 0.1) is 0 Å². The van der Waals surface area contributed by atoms with Crippen LogP contribution in [0.25, 0.3) is 110 Å². The predicted octanol–water partition coefficient (Wildman–Crippen LogP) is 27.8. The van der Waals surface area contributed by atoms with E-state index in [-0.39, 0.29) is 10.8 Å². The van der Waals surface area contributed by atoms with E-state index in [9.17, 15) is 0 Å². The van der Waals surface area contributed by atoms with Crippen molar-refractivity contribution in [2.24, 2.45) is 0 Å². The van der Waals surface area contributed by atoms with Gasteiger partial charge in [0.1, 0.15) is 44.9 Å². The molecule has 0 unspecified atom stereocenters. The Hall–Kier alpha value is -13.3. The lowest BCUT2D eigenvalue weighted by molar-refractivity contribution is 0.660. The van der Waals surface area contributed by atoms with E-state index in [2.05, 4.69) is 351 Å². The van der Waals surface area contributed by atoms with Crippen molar-refractivity contribution in [1.82, 2.24) is 0 Å². The predicted molar refractivity (Wildman–Crippen MR) is 429 cm³/mol. The zero-order valence-electron chi connectivity index (χ0n) is 57.6. The molecular formula is C96H66N4O4. The van der Waals surface area contributed by atoms with Crippen LogP contribution in [0.1, 0.15) is 49.9 Å². The molecule has 21 rings (SSSR count). The Morgan fingerprint density at radius 3 is 0.923 bits per heavy atom. The lowest BCUT2D eigenvalue weighted by Gasteiger charge is -2.30. The molecule has 0 N–H and O–H groups in total. The van der Waals surface area contributed by atoms with Gasteiger partial charge in [0.25, 0.3) is 0 Å². The molecule has 4 heterocycles. The van der Waals surface area contributed by atoms with Crippen molar-refractivity contribution in [2.45, 2.75) is 38.5 Å². The van der Waals surface area contributed by atoms with Gasteiger partial charge in [-0.05, 0) is 190 Å². The highest BCUT2D eigenvalue weighted by molar-refractivity contribution is 6.32. The summed E-state index contributed by atoms with van der Waals surface area (Å²) in [6.07, 6.45) is 0. The molecule has 0 atom stereocenters. The van der Waals surface area contributed by atoms with Gasteiger partial charge in [-0.2, -0.15) is 0 Å². The molecule has 104 heavy (non-hydrogen) atoms. The monoisotopic (exact) mass is 1340 g/mol. The van der Waals surface area contributed by atoms with E-state index in [1.54, 1.807) is 0 Å². The summed E-state index contributed by atoms with van der Waals surface area (Å²) in [6, 6.07) is 118. The van der Waals surface area contributed by atoms with Gasteiger partial charge in [0.15, 0.2) is 11.2 Å². The SMILES string of the molecule is CC1(C)c2ccccc2-c2ccc(N(c3ccccc3)c3ccc4c(c3)oc3c(N(c5ccccc5)c5ccc6oc7ccccc7c6c5)c5c(oc6cc(N(c7ccccc7)c7ccc8c(c7)C(C)(C)c7ccccc7-8)ccc65)c(N(c5ccccc5)c5ccc6oc7ccccc7c6c5)c34)cc21. The fourth-order valence-electron chi connectivity index (χ4n) is 17.3. The molecule has 2 aliphatic rings. The molecule has 0 saturated carbocycles. The highest BCUT2D eigenvalue weighted by atomic mass is 16.3. The van der Waals surface area contributed by atoms with Crippen molar-refractivity contribution in [1.29, 1.82) is 0 Å². The minimum Gasteiger partial charge on any atom is -0.456 e. The first-order valence-corrected chi connectivity index (χ1v) is 35.7. The minimum absolute atomic E-state index is 0.226. The largest absolute Gasteiger partial charge is 0.456 e. The smallest absolute Gasteiger partial charge is 0.162 e. The molecule has 0 amide bonds. The van der Waals surface area contributed by atoms with Crippen LogP contribution in [-0.2, 0) is 10.8 Å². The number of anilines is 12. The van der Waals surface area contributed by atoms with Gasteiger partial charge >= 0.3 is 0 Å². The Morgan fingerprint density at radius 2 is 0.510 bits per heavy atom. The topological polar surface area (TPSA) is 65.5 Å². The van der Waals surface area contributed by atoms with Gasteiger partial charge in [0.05, 0.1) is 10.8 Å². The summed E-state index contributed by atoms with van der Waals surface area (Å²) in [5.74, 6) is 0. The molecule has 2 aliphatic carbocycles. The highest BCUT2D eigenvalue weighted by Gasteiger charge is 2.39. The summed E-state index contributed by atoms with van der Waals surface area (Å²) in [5, 5.41) is 7.58. The van der Waals surface area contributed by atoms with Gasteiger partial charge in [-0.1, -0.05) is 198 Å². The number of furan rings is 4. The average Bonchev–Trinajstić information content (AvgIpc) is 1.51. The van der Waals surface area contributed by atoms with E-state index in [4.69, 9.17) is 17.7 Å². The number of nitrogens with zero attached hydrogens (tertiary/aromatic N) is 4. The van der Waals surface area contributed by atoms with Crippen LogP contribution in [0.2, 0.25) is 0 Å². The number of rotatable bonds is 12. The van der Waals surface area contributed by atoms with Crippen LogP contribution in [0.4, 0.5) is 68.2 Å². The number of hydrogen-bond donors (Lipinski definition) is 0. The van der Waals surface area contributed by atoms with Gasteiger partial charge in [-0.3, -0.25) is 0 Å². The Labute approximate surface area is 600 Å². The van der Waals surface area contributed by atoms with E-state index in [0.717, 1.165) is 134 Å². The summed E-state index contributed by atoms with van der Waals surface area (Å²) < 4.78 is 29.3. The Balaban J connectivity index is 0.881. The van der Waals surface area contributed by atoms with Crippen molar-refractivity contribution in [3.05, 3.63) is 350 Å².